The topological polar surface area (TPSA) is 17.1 Å². The minimum absolute atomic E-state index is 0.566. The van der Waals surface area contributed by atoms with Gasteiger partial charge in [0.05, 0.1) is 0 Å². The van der Waals surface area contributed by atoms with Crippen molar-refractivity contribution in [3.8, 4) is 0 Å². The van der Waals surface area contributed by atoms with Crippen LogP contribution in [0.5, 0.6) is 0 Å². The third-order valence-corrected chi connectivity index (χ3v) is 2.56. The fourth-order valence-electron chi connectivity index (χ4n) is 1.55. The van der Waals surface area contributed by atoms with Gasteiger partial charge in [0.25, 0.3) is 0 Å². The first kappa shape index (κ1) is 15.5. The molecule has 7 heteroatoms. The van der Waals surface area contributed by atoms with Gasteiger partial charge in [0.2, 0.25) is 5.92 Å². The molecule has 0 radical (unpaired) electrons. The van der Waals surface area contributed by atoms with Gasteiger partial charge in [0.15, 0.2) is 5.78 Å². The molecule has 1 aromatic carbocycles. The van der Waals surface area contributed by atoms with Gasteiger partial charge in [0, 0.05) is 5.56 Å². The normalized spacial score (nSPS) is 12.8. The van der Waals surface area contributed by atoms with E-state index < -0.39 is 29.6 Å². The SMILES string of the molecule is CCc1ccc(C(=O)C(C(F)(F)F)C(F)(F)F)cc1. The number of carbonyl (C=O) groups excluding carboxylic acids is 1. The number of rotatable bonds is 3. The summed E-state index contributed by atoms with van der Waals surface area (Å²) in [7, 11) is 0. The fraction of sp³-hybridized carbons (Fsp3) is 0.417. The van der Waals surface area contributed by atoms with E-state index in [2.05, 4.69) is 0 Å². The zero-order valence-corrected chi connectivity index (χ0v) is 9.77. The minimum Gasteiger partial charge on any atom is -0.293 e. The fourth-order valence-corrected chi connectivity index (χ4v) is 1.55. The number of carbonyl (C=O) groups is 1. The maximum Gasteiger partial charge on any atom is 0.407 e. The van der Waals surface area contributed by atoms with Crippen molar-refractivity contribution in [1.82, 2.24) is 0 Å². The first-order valence-corrected chi connectivity index (χ1v) is 5.34. The molecule has 0 aliphatic heterocycles. The molecular formula is C12H10F6O. The lowest BCUT2D eigenvalue weighted by molar-refractivity contribution is -0.264. The lowest BCUT2D eigenvalue weighted by Gasteiger charge is -2.21. The molecule has 0 heterocycles. The van der Waals surface area contributed by atoms with Crippen molar-refractivity contribution in [3.63, 3.8) is 0 Å². The van der Waals surface area contributed by atoms with Crippen LogP contribution >= 0.6 is 0 Å². The number of ketones is 1. The van der Waals surface area contributed by atoms with Gasteiger partial charge in [-0.05, 0) is 12.0 Å². The highest BCUT2D eigenvalue weighted by Crippen LogP contribution is 2.41. The molecule has 0 aliphatic carbocycles. The van der Waals surface area contributed by atoms with Crippen LogP contribution < -0.4 is 0 Å². The lowest BCUT2D eigenvalue weighted by atomic mass is 9.95. The van der Waals surface area contributed by atoms with Crippen LogP contribution in [0.25, 0.3) is 0 Å². The van der Waals surface area contributed by atoms with Crippen LogP contribution in [0.15, 0.2) is 24.3 Å². The smallest absolute Gasteiger partial charge is 0.293 e. The van der Waals surface area contributed by atoms with Crippen molar-refractivity contribution in [1.29, 1.82) is 0 Å². The highest BCUT2D eigenvalue weighted by Gasteiger charge is 2.60. The van der Waals surface area contributed by atoms with E-state index in [-0.39, 0.29) is 0 Å². The van der Waals surface area contributed by atoms with Crippen molar-refractivity contribution in [2.75, 3.05) is 0 Å². The first-order chi connectivity index (χ1) is 8.57. The van der Waals surface area contributed by atoms with E-state index in [0.717, 1.165) is 12.1 Å². The van der Waals surface area contributed by atoms with E-state index in [1.54, 1.807) is 6.92 Å². The van der Waals surface area contributed by atoms with Crippen LogP contribution in [0.2, 0.25) is 0 Å². The van der Waals surface area contributed by atoms with Crippen LogP contribution in [-0.2, 0) is 6.42 Å². The molecule has 1 aromatic rings. The lowest BCUT2D eigenvalue weighted by Crippen LogP contribution is -2.42. The zero-order chi connectivity index (χ0) is 14.8. The molecule has 1 nitrogen and oxygen atoms in total. The Bertz CT molecular complexity index is 429. The summed E-state index contributed by atoms with van der Waals surface area (Å²) >= 11 is 0. The molecule has 0 amide bonds. The average Bonchev–Trinajstić information content (AvgIpc) is 2.25. The maximum atomic E-state index is 12.4. The van der Waals surface area contributed by atoms with Gasteiger partial charge >= 0.3 is 12.4 Å². The largest absolute Gasteiger partial charge is 0.407 e. The van der Waals surface area contributed by atoms with Gasteiger partial charge in [0.1, 0.15) is 0 Å². The van der Waals surface area contributed by atoms with Crippen LogP contribution in [0.1, 0.15) is 22.8 Å². The van der Waals surface area contributed by atoms with Crippen LogP contribution in [0.4, 0.5) is 26.3 Å². The third kappa shape index (κ3) is 3.71. The van der Waals surface area contributed by atoms with Crippen molar-refractivity contribution < 1.29 is 31.1 Å². The second-order valence-electron chi connectivity index (χ2n) is 3.93. The number of hydrogen-bond acceptors (Lipinski definition) is 1. The molecule has 19 heavy (non-hydrogen) atoms. The summed E-state index contributed by atoms with van der Waals surface area (Å²) in [5, 5.41) is 0. The molecule has 0 aromatic heterocycles. The summed E-state index contributed by atoms with van der Waals surface area (Å²) < 4.78 is 74.1. The van der Waals surface area contributed by atoms with E-state index in [0.29, 0.717) is 12.0 Å². The number of Topliss-reactive ketones (excluding diaryl/α,β-unsaturated/α-hetero) is 1. The first-order valence-electron chi connectivity index (χ1n) is 5.34. The molecule has 0 saturated heterocycles. The molecule has 0 aliphatic rings. The van der Waals surface area contributed by atoms with Crippen molar-refractivity contribution >= 4 is 5.78 Å². The Morgan fingerprint density at radius 3 is 1.74 bits per heavy atom. The Kier molecular flexibility index (Phi) is 4.27. The highest BCUT2D eigenvalue weighted by atomic mass is 19.4. The number of aryl methyl sites for hydroxylation is 1. The Balaban J connectivity index is 3.13. The molecule has 0 N–H and O–H groups in total. The van der Waals surface area contributed by atoms with Gasteiger partial charge in [-0.25, -0.2) is 0 Å². The Morgan fingerprint density at radius 1 is 1.00 bits per heavy atom. The Hall–Kier alpha value is -1.53. The summed E-state index contributed by atoms with van der Waals surface area (Å²) in [6, 6.07) is 4.62. The Labute approximate surface area is 105 Å². The molecule has 0 fully saturated rings. The standard InChI is InChI=1S/C12H10F6O/c1-2-7-3-5-8(6-4-7)9(19)10(11(13,14)15)12(16,17)18/h3-6,10H,2H2,1H3. The number of alkyl halides is 6. The minimum atomic E-state index is -5.65. The summed E-state index contributed by atoms with van der Waals surface area (Å²) in [6.07, 6.45) is -10.7. The predicted octanol–water partition coefficient (Wildman–Crippen LogP) is 4.17. The molecule has 106 valence electrons. The van der Waals surface area contributed by atoms with Crippen molar-refractivity contribution in [3.05, 3.63) is 35.4 Å². The molecule has 0 unspecified atom stereocenters. The summed E-state index contributed by atoms with van der Waals surface area (Å²) in [5.74, 6) is -5.96. The second kappa shape index (κ2) is 5.22. The molecule has 1 rings (SSSR count). The summed E-state index contributed by atoms with van der Waals surface area (Å²) in [4.78, 5) is 11.4. The van der Waals surface area contributed by atoms with Crippen molar-refractivity contribution in [2.24, 2.45) is 5.92 Å². The van der Waals surface area contributed by atoms with Gasteiger partial charge in [-0.1, -0.05) is 31.2 Å². The molecule has 0 saturated carbocycles. The van der Waals surface area contributed by atoms with E-state index in [1.807, 2.05) is 0 Å². The van der Waals surface area contributed by atoms with E-state index in [4.69, 9.17) is 0 Å². The Morgan fingerprint density at radius 2 is 1.42 bits per heavy atom. The maximum absolute atomic E-state index is 12.4. The summed E-state index contributed by atoms with van der Waals surface area (Å²) in [6.45, 7) is 1.77. The molecular weight excluding hydrogens is 274 g/mol. The number of benzene rings is 1. The van der Waals surface area contributed by atoms with Gasteiger partial charge in [-0.3, -0.25) is 4.79 Å². The number of hydrogen-bond donors (Lipinski definition) is 0. The van der Waals surface area contributed by atoms with Gasteiger partial charge in [-0.2, -0.15) is 26.3 Å². The quantitative estimate of drug-likeness (QED) is 0.601. The van der Waals surface area contributed by atoms with E-state index in [9.17, 15) is 31.1 Å². The molecule has 0 bridgehead atoms. The van der Waals surface area contributed by atoms with Crippen LogP contribution in [-0.4, -0.2) is 18.1 Å². The van der Waals surface area contributed by atoms with E-state index >= 15 is 0 Å². The van der Waals surface area contributed by atoms with E-state index in [1.165, 1.54) is 12.1 Å². The number of halogens is 6. The van der Waals surface area contributed by atoms with Crippen LogP contribution in [0.3, 0.4) is 0 Å². The molecule has 0 spiro atoms. The van der Waals surface area contributed by atoms with Crippen molar-refractivity contribution in [2.45, 2.75) is 25.7 Å². The van der Waals surface area contributed by atoms with Crippen LogP contribution in [0, 0.1) is 5.92 Å². The third-order valence-electron chi connectivity index (χ3n) is 2.56. The average molecular weight is 284 g/mol. The summed E-state index contributed by atoms with van der Waals surface area (Å²) in [5.41, 5.74) is 0.115. The zero-order valence-electron chi connectivity index (χ0n) is 9.77. The van der Waals surface area contributed by atoms with Gasteiger partial charge in [-0.15, -0.1) is 0 Å². The molecule has 0 atom stereocenters. The van der Waals surface area contributed by atoms with Gasteiger partial charge < -0.3 is 0 Å². The monoisotopic (exact) mass is 284 g/mol. The highest BCUT2D eigenvalue weighted by molar-refractivity contribution is 5.98. The second-order valence-corrected chi connectivity index (χ2v) is 3.93. The predicted molar refractivity (Wildman–Crippen MR) is 55.8 cm³/mol.